The van der Waals surface area contributed by atoms with Gasteiger partial charge in [-0.15, -0.1) is 24.0 Å². The van der Waals surface area contributed by atoms with Gasteiger partial charge in [-0.3, -0.25) is 4.99 Å². The Bertz CT molecular complexity index is 254. The van der Waals surface area contributed by atoms with Gasteiger partial charge >= 0.3 is 0 Å². The monoisotopic (exact) mass is 353 g/mol. The second-order valence-corrected chi connectivity index (χ2v) is 4.76. The zero-order valence-electron chi connectivity index (χ0n) is 10.8. The largest absolute Gasteiger partial charge is 0.378 e. The Balaban J connectivity index is 0.00000144. The molecule has 100 valence electrons. The van der Waals surface area contributed by atoms with Crippen LogP contribution in [0.3, 0.4) is 0 Å². The van der Waals surface area contributed by atoms with E-state index in [9.17, 15) is 0 Å². The standard InChI is InChI=1S/C12H23N3O.HI/c1-3-16-11-8-10(9-11)4-5-13-12-14-6-7-15(12)2;/h10-11H,3-9H2,1-2H3,(H,13,14);1H. The maximum absolute atomic E-state index is 5.55. The molecule has 0 unspecified atom stereocenters. The van der Waals surface area contributed by atoms with Crippen molar-refractivity contribution in [2.75, 3.05) is 33.3 Å². The molecule has 1 aliphatic carbocycles. The quantitative estimate of drug-likeness (QED) is 0.765. The van der Waals surface area contributed by atoms with Crippen LogP contribution in [0.4, 0.5) is 0 Å². The van der Waals surface area contributed by atoms with Crippen molar-refractivity contribution in [1.82, 2.24) is 10.2 Å². The summed E-state index contributed by atoms with van der Waals surface area (Å²) in [6, 6.07) is 0. The van der Waals surface area contributed by atoms with Crippen molar-refractivity contribution in [3.63, 3.8) is 0 Å². The van der Waals surface area contributed by atoms with Crippen molar-refractivity contribution in [2.24, 2.45) is 10.9 Å². The van der Waals surface area contributed by atoms with Gasteiger partial charge in [0.2, 0.25) is 0 Å². The third kappa shape index (κ3) is 4.28. The molecule has 0 aromatic carbocycles. The first kappa shape index (κ1) is 15.0. The van der Waals surface area contributed by atoms with E-state index in [1.807, 2.05) is 0 Å². The molecule has 0 bridgehead atoms. The Morgan fingerprint density at radius 3 is 2.82 bits per heavy atom. The molecule has 17 heavy (non-hydrogen) atoms. The summed E-state index contributed by atoms with van der Waals surface area (Å²) < 4.78 is 5.55. The second kappa shape index (κ2) is 7.41. The lowest BCUT2D eigenvalue weighted by atomic mass is 9.80. The minimum absolute atomic E-state index is 0. The van der Waals surface area contributed by atoms with Crippen LogP contribution in [-0.2, 0) is 4.74 Å². The van der Waals surface area contributed by atoms with Gasteiger partial charge in [0.25, 0.3) is 0 Å². The minimum atomic E-state index is 0. The molecular weight excluding hydrogens is 329 g/mol. The van der Waals surface area contributed by atoms with Gasteiger partial charge < -0.3 is 15.0 Å². The van der Waals surface area contributed by atoms with Crippen LogP contribution < -0.4 is 5.32 Å². The first-order chi connectivity index (χ1) is 7.79. The topological polar surface area (TPSA) is 36.9 Å². The van der Waals surface area contributed by atoms with E-state index in [1.54, 1.807) is 0 Å². The molecule has 0 amide bonds. The van der Waals surface area contributed by atoms with E-state index in [2.05, 4.69) is 29.2 Å². The SMILES string of the molecule is CCOC1CC(CCNC2=NCCN2C)C1.I. The van der Waals surface area contributed by atoms with E-state index in [4.69, 9.17) is 4.74 Å². The number of rotatable bonds is 5. The number of likely N-dealkylation sites (N-methyl/N-ethyl adjacent to an activating group) is 1. The number of hydrogen-bond acceptors (Lipinski definition) is 4. The highest BCUT2D eigenvalue weighted by Crippen LogP contribution is 2.32. The van der Waals surface area contributed by atoms with E-state index >= 15 is 0 Å². The molecule has 0 saturated heterocycles. The van der Waals surface area contributed by atoms with E-state index in [-0.39, 0.29) is 24.0 Å². The zero-order chi connectivity index (χ0) is 11.4. The average molecular weight is 353 g/mol. The van der Waals surface area contributed by atoms with Crippen LogP contribution in [0.15, 0.2) is 4.99 Å². The summed E-state index contributed by atoms with van der Waals surface area (Å²) in [6.07, 6.45) is 4.29. The highest BCUT2D eigenvalue weighted by molar-refractivity contribution is 14.0. The molecule has 0 radical (unpaired) electrons. The number of halogens is 1. The molecule has 1 heterocycles. The summed E-state index contributed by atoms with van der Waals surface area (Å²) in [5, 5.41) is 3.41. The summed E-state index contributed by atoms with van der Waals surface area (Å²) in [4.78, 5) is 6.59. The molecule has 5 heteroatoms. The van der Waals surface area contributed by atoms with Gasteiger partial charge in [-0.1, -0.05) is 0 Å². The van der Waals surface area contributed by atoms with Gasteiger partial charge in [-0.2, -0.15) is 0 Å². The van der Waals surface area contributed by atoms with Crippen LogP contribution in [0.25, 0.3) is 0 Å². The molecule has 0 aromatic rings. The molecule has 0 atom stereocenters. The molecular formula is C12H24IN3O. The van der Waals surface area contributed by atoms with Crippen LogP contribution in [0.2, 0.25) is 0 Å². The van der Waals surface area contributed by atoms with Gasteiger partial charge in [0.1, 0.15) is 0 Å². The van der Waals surface area contributed by atoms with E-state index < -0.39 is 0 Å². The Morgan fingerprint density at radius 1 is 1.47 bits per heavy atom. The fourth-order valence-corrected chi connectivity index (χ4v) is 2.39. The van der Waals surface area contributed by atoms with Crippen molar-refractivity contribution in [2.45, 2.75) is 32.3 Å². The van der Waals surface area contributed by atoms with Gasteiger partial charge in [-0.25, -0.2) is 0 Å². The molecule has 0 aromatic heterocycles. The fraction of sp³-hybridized carbons (Fsp3) is 0.917. The average Bonchev–Trinajstić information content (AvgIpc) is 2.60. The summed E-state index contributed by atoms with van der Waals surface area (Å²) in [7, 11) is 2.09. The lowest BCUT2D eigenvalue weighted by molar-refractivity contribution is -0.0260. The summed E-state index contributed by atoms with van der Waals surface area (Å²) >= 11 is 0. The molecule has 1 N–H and O–H groups in total. The van der Waals surface area contributed by atoms with Crippen molar-refractivity contribution in [3.05, 3.63) is 0 Å². The first-order valence-corrected chi connectivity index (χ1v) is 6.40. The molecule has 2 aliphatic rings. The summed E-state index contributed by atoms with van der Waals surface area (Å²) in [5.41, 5.74) is 0. The highest BCUT2D eigenvalue weighted by atomic mass is 127. The number of guanidine groups is 1. The van der Waals surface area contributed by atoms with E-state index in [1.165, 1.54) is 19.3 Å². The number of aliphatic imine (C=N–C) groups is 1. The van der Waals surface area contributed by atoms with E-state index in [0.717, 1.165) is 38.1 Å². The van der Waals surface area contributed by atoms with Gasteiger partial charge in [0.15, 0.2) is 5.96 Å². The van der Waals surface area contributed by atoms with Gasteiger partial charge in [-0.05, 0) is 32.1 Å². The normalized spacial score (nSPS) is 27.2. The maximum atomic E-state index is 5.55. The predicted molar refractivity (Wildman–Crippen MR) is 81.1 cm³/mol. The minimum Gasteiger partial charge on any atom is -0.378 e. The maximum Gasteiger partial charge on any atom is 0.193 e. The first-order valence-electron chi connectivity index (χ1n) is 6.40. The number of ether oxygens (including phenoxy) is 1. The third-order valence-electron chi connectivity index (χ3n) is 3.49. The summed E-state index contributed by atoms with van der Waals surface area (Å²) in [5.74, 6) is 1.93. The lowest BCUT2D eigenvalue weighted by Gasteiger charge is -2.35. The van der Waals surface area contributed by atoms with Crippen molar-refractivity contribution in [3.8, 4) is 0 Å². The van der Waals surface area contributed by atoms with Crippen molar-refractivity contribution >= 4 is 29.9 Å². The smallest absolute Gasteiger partial charge is 0.193 e. The Labute approximate surface area is 121 Å². The zero-order valence-corrected chi connectivity index (χ0v) is 13.1. The molecule has 1 aliphatic heterocycles. The molecule has 2 rings (SSSR count). The fourth-order valence-electron chi connectivity index (χ4n) is 2.39. The summed E-state index contributed by atoms with van der Waals surface area (Å²) in [6.45, 7) is 5.97. The Hall–Kier alpha value is -0.0400. The number of nitrogens with zero attached hydrogens (tertiary/aromatic N) is 2. The van der Waals surface area contributed by atoms with Crippen molar-refractivity contribution < 1.29 is 4.74 Å². The van der Waals surface area contributed by atoms with Gasteiger partial charge in [0, 0.05) is 26.7 Å². The lowest BCUT2D eigenvalue weighted by Crippen LogP contribution is -2.38. The Kier molecular flexibility index (Phi) is 6.54. The number of hydrogen-bond donors (Lipinski definition) is 1. The number of nitrogens with one attached hydrogen (secondary N) is 1. The van der Waals surface area contributed by atoms with Crippen LogP contribution in [0.5, 0.6) is 0 Å². The molecule has 4 nitrogen and oxygen atoms in total. The molecule has 1 saturated carbocycles. The predicted octanol–water partition coefficient (Wildman–Crippen LogP) is 1.70. The van der Waals surface area contributed by atoms with Crippen LogP contribution in [0, 0.1) is 5.92 Å². The molecule has 1 fully saturated rings. The van der Waals surface area contributed by atoms with Crippen LogP contribution in [0.1, 0.15) is 26.2 Å². The highest BCUT2D eigenvalue weighted by Gasteiger charge is 2.28. The molecule has 0 spiro atoms. The van der Waals surface area contributed by atoms with Gasteiger partial charge in [0.05, 0.1) is 12.6 Å². The van der Waals surface area contributed by atoms with Crippen molar-refractivity contribution in [1.29, 1.82) is 0 Å². The Morgan fingerprint density at radius 2 is 2.24 bits per heavy atom. The second-order valence-electron chi connectivity index (χ2n) is 4.76. The van der Waals surface area contributed by atoms with E-state index in [0.29, 0.717) is 6.10 Å². The third-order valence-corrected chi connectivity index (χ3v) is 3.49. The van der Waals surface area contributed by atoms with Crippen LogP contribution >= 0.6 is 24.0 Å². The van der Waals surface area contributed by atoms with Crippen LogP contribution in [-0.4, -0.2) is 50.3 Å².